The summed E-state index contributed by atoms with van der Waals surface area (Å²) in [5.41, 5.74) is 0. The maximum atomic E-state index is 12.0. The van der Waals surface area contributed by atoms with Crippen LogP contribution in [0.15, 0.2) is 0 Å². The fourth-order valence-electron chi connectivity index (χ4n) is 2.35. The fraction of sp³-hybridized carbons (Fsp3) is 0.846. The minimum absolute atomic E-state index is 0.0541. The number of hydrogen-bond donors (Lipinski definition) is 1. The lowest BCUT2D eigenvalue weighted by atomic mass is 10.2. The van der Waals surface area contributed by atoms with E-state index in [4.69, 9.17) is 5.11 Å². The van der Waals surface area contributed by atoms with Gasteiger partial charge in [-0.1, -0.05) is 0 Å². The third kappa shape index (κ3) is 5.62. The molecule has 1 fully saturated rings. The molecule has 1 N–H and O–H groups in total. The molecule has 0 spiro atoms. The van der Waals surface area contributed by atoms with E-state index >= 15 is 0 Å². The van der Waals surface area contributed by atoms with Crippen molar-refractivity contribution in [3.05, 3.63) is 0 Å². The van der Waals surface area contributed by atoms with Gasteiger partial charge in [-0.3, -0.25) is 9.59 Å². The molecule has 0 atom stereocenters. The lowest BCUT2D eigenvalue weighted by Crippen LogP contribution is -2.40. The van der Waals surface area contributed by atoms with Crippen LogP contribution in [0.3, 0.4) is 0 Å². The molecule has 1 rings (SSSR count). The van der Waals surface area contributed by atoms with Gasteiger partial charge in [0.2, 0.25) is 15.9 Å². The van der Waals surface area contributed by atoms with E-state index in [9.17, 15) is 18.0 Å². The second kappa shape index (κ2) is 7.74. The van der Waals surface area contributed by atoms with Crippen LogP contribution < -0.4 is 0 Å². The Morgan fingerprint density at radius 3 is 2.29 bits per heavy atom. The van der Waals surface area contributed by atoms with Gasteiger partial charge in [0.15, 0.2) is 0 Å². The van der Waals surface area contributed by atoms with Gasteiger partial charge in [0.05, 0.1) is 5.75 Å². The Bertz CT molecular complexity index is 469. The molecule has 0 saturated carbocycles. The Kier molecular flexibility index (Phi) is 6.60. The van der Waals surface area contributed by atoms with Crippen LogP contribution in [0, 0.1) is 0 Å². The molecule has 1 saturated heterocycles. The van der Waals surface area contributed by atoms with Crippen LogP contribution >= 0.6 is 0 Å². The van der Waals surface area contributed by atoms with Crippen molar-refractivity contribution in [2.24, 2.45) is 0 Å². The van der Waals surface area contributed by atoms with E-state index in [-0.39, 0.29) is 37.1 Å². The Morgan fingerprint density at radius 1 is 1.24 bits per heavy atom. The SMILES string of the molecule is CC(C)N(CC(=O)O)C(=O)CCCS(=O)(=O)N1CCCC1. The topological polar surface area (TPSA) is 95.0 Å². The van der Waals surface area contributed by atoms with Gasteiger partial charge in [-0.25, -0.2) is 12.7 Å². The summed E-state index contributed by atoms with van der Waals surface area (Å²) in [5.74, 6) is -1.44. The molecule has 21 heavy (non-hydrogen) atoms. The predicted molar refractivity (Wildman–Crippen MR) is 78.3 cm³/mol. The first-order chi connectivity index (χ1) is 9.74. The maximum Gasteiger partial charge on any atom is 0.323 e. The molecule has 1 aliphatic heterocycles. The summed E-state index contributed by atoms with van der Waals surface area (Å²) >= 11 is 0. The normalized spacial score (nSPS) is 16.3. The second-order valence-corrected chi connectivity index (χ2v) is 7.62. The number of sulfonamides is 1. The summed E-state index contributed by atoms with van der Waals surface area (Å²) in [6.45, 7) is 4.25. The van der Waals surface area contributed by atoms with E-state index in [2.05, 4.69) is 0 Å². The number of carboxylic acids is 1. The van der Waals surface area contributed by atoms with E-state index in [0.717, 1.165) is 12.8 Å². The Morgan fingerprint density at radius 2 is 1.81 bits per heavy atom. The van der Waals surface area contributed by atoms with Crippen LogP contribution in [0.5, 0.6) is 0 Å². The summed E-state index contributed by atoms with van der Waals surface area (Å²) < 4.78 is 25.5. The van der Waals surface area contributed by atoms with Gasteiger partial charge < -0.3 is 10.0 Å². The third-order valence-electron chi connectivity index (χ3n) is 3.50. The van der Waals surface area contributed by atoms with Crippen LogP contribution in [0.2, 0.25) is 0 Å². The molecular formula is C13H24N2O5S. The Labute approximate surface area is 126 Å². The zero-order valence-corrected chi connectivity index (χ0v) is 13.4. The lowest BCUT2D eigenvalue weighted by molar-refractivity contribution is -0.145. The molecule has 0 unspecified atom stereocenters. The molecule has 1 heterocycles. The van der Waals surface area contributed by atoms with E-state index < -0.39 is 16.0 Å². The number of amides is 1. The molecule has 0 aromatic heterocycles. The zero-order valence-electron chi connectivity index (χ0n) is 12.6. The quantitative estimate of drug-likeness (QED) is 0.703. The zero-order chi connectivity index (χ0) is 16.0. The minimum atomic E-state index is -3.28. The molecule has 0 aliphatic carbocycles. The molecule has 0 radical (unpaired) electrons. The number of carbonyl (C=O) groups excluding carboxylic acids is 1. The fourth-order valence-corrected chi connectivity index (χ4v) is 3.93. The average Bonchev–Trinajstić information content (AvgIpc) is 2.89. The van der Waals surface area contributed by atoms with Gasteiger partial charge in [0, 0.05) is 25.6 Å². The van der Waals surface area contributed by atoms with Gasteiger partial charge in [-0.2, -0.15) is 0 Å². The van der Waals surface area contributed by atoms with E-state index in [1.54, 1.807) is 13.8 Å². The van der Waals surface area contributed by atoms with Crippen LogP contribution in [0.25, 0.3) is 0 Å². The summed E-state index contributed by atoms with van der Waals surface area (Å²) in [5, 5.41) is 8.78. The molecule has 0 aromatic carbocycles. The number of hydrogen-bond acceptors (Lipinski definition) is 4. The van der Waals surface area contributed by atoms with Gasteiger partial charge >= 0.3 is 5.97 Å². The lowest BCUT2D eigenvalue weighted by Gasteiger charge is -2.25. The number of nitrogens with zero attached hydrogens (tertiary/aromatic N) is 2. The third-order valence-corrected chi connectivity index (χ3v) is 5.46. The Balaban J connectivity index is 2.46. The van der Waals surface area contributed by atoms with Crippen molar-refractivity contribution in [1.29, 1.82) is 0 Å². The molecule has 1 aliphatic rings. The van der Waals surface area contributed by atoms with Gasteiger partial charge in [0.1, 0.15) is 6.54 Å². The monoisotopic (exact) mass is 320 g/mol. The summed E-state index contributed by atoms with van der Waals surface area (Å²) in [7, 11) is -3.28. The molecule has 0 bridgehead atoms. The van der Waals surface area contributed by atoms with Crippen LogP contribution in [-0.2, 0) is 19.6 Å². The second-order valence-electron chi connectivity index (χ2n) is 5.53. The van der Waals surface area contributed by atoms with Crippen molar-refractivity contribution in [3.63, 3.8) is 0 Å². The highest BCUT2D eigenvalue weighted by Gasteiger charge is 2.26. The number of aliphatic carboxylic acids is 1. The van der Waals surface area contributed by atoms with Crippen molar-refractivity contribution in [2.75, 3.05) is 25.4 Å². The maximum absolute atomic E-state index is 12.0. The summed E-state index contributed by atoms with van der Waals surface area (Å²) in [6.07, 6.45) is 2.05. The summed E-state index contributed by atoms with van der Waals surface area (Å²) in [4.78, 5) is 24.0. The smallest absolute Gasteiger partial charge is 0.323 e. The van der Waals surface area contributed by atoms with Crippen LogP contribution in [0.1, 0.15) is 39.5 Å². The van der Waals surface area contributed by atoms with Crippen LogP contribution in [-0.4, -0.2) is 66.0 Å². The van der Waals surface area contributed by atoms with Gasteiger partial charge in [-0.15, -0.1) is 0 Å². The minimum Gasteiger partial charge on any atom is -0.480 e. The van der Waals surface area contributed by atoms with Crippen molar-refractivity contribution in [3.8, 4) is 0 Å². The first kappa shape index (κ1) is 17.9. The highest BCUT2D eigenvalue weighted by Crippen LogP contribution is 2.14. The number of carboxylic acid groups (broad SMARTS) is 1. The van der Waals surface area contributed by atoms with E-state index in [1.165, 1.54) is 9.21 Å². The molecular weight excluding hydrogens is 296 g/mol. The highest BCUT2D eigenvalue weighted by atomic mass is 32.2. The Hall–Kier alpha value is -1.15. The average molecular weight is 320 g/mol. The van der Waals surface area contributed by atoms with Crippen molar-refractivity contribution in [1.82, 2.24) is 9.21 Å². The van der Waals surface area contributed by atoms with Crippen molar-refractivity contribution in [2.45, 2.75) is 45.6 Å². The standard InChI is InChI=1S/C13H24N2O5S/c1-11(2)15(10-13(17)18)12(16)6-5-9-21(19,20)14-7-3-4-8-14/h11H,3-10H2,1-2H3,(H,17,18). The number of rotatable bonds is 8. The first-order valence-electron chi connectivity index (χ1n) is 7.23. The van der Waals surface area contributed by atoms with E-state index in [1.807, 2.05) is 0 Å². The molecule has 7 nitrogen and oxygen atoms in total. The first-order valence-corrected chi connectivity index (χ1v) is 8.84. The molecule has 122 valence electrons. The van der Waals surface area contributed by atoms with E-state index in [0.29, 0.717) is 13.1 Å². The predicted octanol–water partition coefficient (Wildman–Crippen LogP) is 0.514. The largest absolute Gasteiger partial charge is 0.480 e. The molecule has 8 heteroatoms. The van der Waals surface area contributed by atoms with Crippen LogP contribution in [0.4, 0.5) is 0 Å². The van der Waals surface area contributed by atoms with Crippen molar-refractivity contribution < 1.29 is 23.1 Å². The van der Waals surface area contributed by atoms with Gasteiger partial charge in [0.25, 0.3) is 0 Å². The highest BCUT2D eigenvalue weighted by molar-refractivity contribution is 7.89. The van der Waals surface area contributed by atoms with Gasteiger partial charge in [-0.05, 0) is 33.1 Å². The molecule has 1 amide bonds. The molecule has 0 aromatic rings. The number of carbonyl (C=O) groups is 2. The summed E-state index contributed by atoms with van der Waals surface area (Å²) in [6, 6.07) is -0.219. The van der Waals surface area contributed by atoms with Crippen molar-refractivity contribution >= 4 is 21.9 Å².